The Morgan fingerprint density at radius 1 is 1.05 bits per heavy atom. The molecule has 1 aromatic carbocycles. The van der Waals surface area contributed by atoms with Crippen LogP contribution in [0.15, 0.2) is 30.3 Å². The summed E-state index contributed by atoms with van der Waals surface area (Å²) < 4.78 is 0. The Bertz CT molecular complexity index is 391. The van der Waals surface area contributed by atoms with Crippen molar-refractivity contribution >= 4 is 0 Å². The summed E-state index contributed by atoms with van der Waals surface area (Å²) in [6.07, 6.45) is 6.32. The molecule has 1 N–H and O–H groups in total. The standard InChI is InChI=1S/C19H32N2/c1-4-14-20-18(17-12-8-7-9-13-17)19(5-2,6-3)21-15-10-11-16-21/h7-9,12-13,18,20H,4-6,10-11,14-16H2,1-3H3. The van der Waals surface area contributed by atoms with Gasteiger partial charge in [0.25, 0.3) is 0 Å². The highest BCUT2D eigenvalue weighted by atomic mass is 15.2. The molecule has 0 spiro atoms. The number of hydrogen-bond acceptors (Lipinski definition) is 2. The molecule has 2 nitrogen and oxygen atoms in total. The smallest absolute Gasteiger partial charge is 0.0507 e. The summed E-state index contributed by atoms with van der Waals surface area (Å²) >= 11 is 0. The zero-order chi connectivity index (χ0) is 15.1. The minimum absolute atomic E-state index is 0.257. The van der Waals surface area contributed by atoms with E-state index in [0.29, 0.717) is 6.04 Å². The van der Waals surface area contributed by atoms with Gasteiger partial charge in [-0.1, -0.05) is 51.1 Å². The van der Waals surface area contributed by atoms with Crippen molar-refractivity contribution in [3.63, 3.8) is 0 Å². The second kappa shape index (κ2) is 7.95. The SMILES string of the molecule is CCCNC(c1ccccc1)C(CC)(CC)N1CCCC1. The Morgan fingerprint density at radius 3 is 2.19 bits per heavy atom. The maximum absolute atomic E-state index is 3.86. The van der Waals surface area contributed by atoms with Crippen molar-refractivity contribution in [2.24, 2.45) is 0 Å². The van der Waals surface area contributed by atoms with Gasteiger partial charge in [-0.2, -0.15) is 0 Å². The molecule has 0 saturated carbocycles. The third-order valence-corrected chi connectivity index (χ3v) is 5.23. The van der Waals surface area contributed by atoms with Crippen LogP contribution in [0.25, 0.3) is 0 Å². The molecule has 21 heavy (non-hydrogen) atoms. The molecule has 1 aromatic rings. The van der Waals surface area contributed by atoms with Crippen molar-refractivity contribution in [3.05, 3.63) is 35.9 Å². The quantitative estimate of drug-likeness (QED) is 0.763. The molecule has 0 amide bonds. The monoisotopic (exact) mass is 288 g/mol. The van der Waals surface area contributed by atoms with Crippen LogP contribution in [0, 0.1) is 0 Å². The van der Waals surface area contributed by atoms with Gasteiger partial charge in [-0.15, -0.1) is 0 Å². The van der Waals surface area contributed by atoms with Gasteiger partial charge in [0.15, 0.2) is 0 Å². The van der Waals surface area contributed by atoms with Crippen LogP contribution in [-0.4, -0.2) is 30.1 Å². The van der Waals surface area contributed by atoms with Crippen LogP contribution in [0.3, 0.4) is 0 Å². The molecule has 2 heteroatoms. The summed E-state index contributed by atoms with van der Waals surface area (Å²) in [5.41, 5.74) is 1.70. The van der Waals surface area contributed by atoms with Gasteiger partial charge in [-0.3, -0.25) is 4.90 Å². The average molecular weight is 288 g/mol. The molecule has 1 atom stereocenters. The molecule has 2 rings (SSSR count). The molecule has 0 aliphatic carbocycles. The lowest BCUT2D eigenvalue weighted by atomic mass is 9.79. The first kappa shape index (κ1) is 16.5. The summed E-state index contributed by atoms with van der Waals surface area (Å²) in [4.78, 5) is 2.76. The minimum Gasteiger partial charge on any atom is -0.308 e. The molecular formula is C19H32N2. The van der Waals surface area contributed by atoms with E-state index < -0.39 is 0 Å². The molecule has 1 fully saturated rings. The first-order valence-corrected chi connectivity index (χ1v) is 8.81. The molecule has 1 saturated heterocycles. The minimum atomic E-state index is 0.257. The van der Waals surface area contributed by atoms with E-state index in [2.05, 4.69) is 61.3 Å². The lowest BCUT2D eigenvalue weighted by Gasteiger charge is -2.47. The largest absolute Gasteiger partial charge is 0.308 e. The second-order valence-electron chi connectivity index (χ2n) is 6.30. The summed E-state index contributed by atoms with van der Waals surface area (Å²) in [6, 6.07) is 11.5. The van der Waals surface area contributed by atoms with E-state index in [4.69, 9.17) is 0 Å². The number of hydrogen-bond donors (Lipinski definition) is 1. The van der Waals surface area contributed by atoms with Crippen LogP contribution in [-0.2, 0) is 0 Å². The number of rotatable bonds is 8. The van der Waals surface area contributed by atoms with Crippen molar-refractivity contribution in [1.82, 2.24) is 10.2 Å². The first-order chi connectivity index (χ1) is 10.3. The van der Waals surface area contributed by atoms with E-state index in [9.17, 15) is 0 Å². The van der Waals surface area contributed by atoms with Crippen LogP contribution in [0.5, 0.6) is 0 Å². The van der Waals surface area contributed by atoms with Gasteiger partial charge < -0.3 is 5.32 Å². The van der Waals surface area contributed by atoms with E-state index in [1.54, 1.807) is 0 Å². The average Bonchev–Trinajstić information content (AvgIpc) is 3.07. The molecule has 1 unspecified atom stereocenters. The van der Waals surface area contributed by atoms with Crippen molar-refractivity contribution < 1.29 is 0 Å². The number of benzene rings is 1. The highest BCUT2D eigenvalue weighted by Crippen LogP contribution is 2.39. The van der Waals surface area contributed by atoms with E-state index in [1.165, 1.54) is 50.8 Å². The summed E-state index contributed by atoms with van der Waals surface area (Å²) in [6.45, 7) is 10.6. The Labute approximate surface area is 130 Å². The lowest BCUT2D eigenvalue weighted by molar-refractivity contribution is 0.0616. The van der Waals surface area contributed by atoms with Crippen LogP contribution in [0.1, 0.15) is 64.5 Å². The van der Waals surface area contributed by atoms with E-state index in [0.717, 1.165) is 6.54 Å². The Kier molecular flexibility index (Phi) is 6.25. The van der Waals surface area contributed by atoms with Gasteiger partial charge in [0.1, 0.15) is 0 Å². The summed E-state index contributed by atoms with van der Waals surface area (Å²) in [5, 5.41) is 3.86. The first-order valence-electron chi connectivity index (χ1n) is 8.81. The van der Waals surface area contributed by atoms with Crippen LogP contribution < -0.4 is 5.32 Å². The van der Waals surface area contributed by atoms with E-state index in [-0.39, 0.29) is 5.54 Å². The van der Waals surface area contributed by atoms with Gasteiger partial charge in [0.05, 0.1) is 6.04 Å². The van der Waals surface area contributed by atoms with Gasteiger partial charge in [0, 0.05) is 5.54 Å². The van der Waals surface area contributed by atoms with Crippen LogP contribution in [0.2, 0.25) is 0 Å². The molecule has 0 radical (unpaired) electrons. The van der Waals surface area contributed by atoms with E-state index in [1.807, 2.05) is 0 Å². The topological polar surface area (TPSA) is 15.3 Å². The maximum atomic E-state index is 3.86. The lowest BCUT2D eigenvalue weighted by Crippen LogP contribution is -2.55. The molecule has 1 aliphatic heterocycles. The van der Waals surface area contributed by atoms with E-state index >= 15 is 0 Å². The highest BCUT2D eigenvalue weighted by Gasteiger charge is 2.42. The van der Waals surface area contributed by atoms with Crippen LogP contribution in [0.4, 0.5) is 0 Å². The fourth-order valence-electron chi connectivity index (χ4n) is 4.00. The van der Waals surface area contributed by atoms with Crippen molar-refractivity contribution in [1.29, 1.82) is 0 Å². The number of likely N-dealkylation sites (tertiary alicyclic amines) is 1. The van der Waals surface area contributed by atoms with Crippen molar-refractivity contribution in [2.75, 3.05) is 19.6 Å². The fourth-order valence-corrected chi connectivity index (χ4v) is 4.00. The molecule has 118 valence electrons. The Hall–Kier alpha value is -0.860. The predicted molar refractivity (Wildman–Crippen MR) is 91.6 cm³/mol. The third-order valence-electron chi connectivity index (χ3n) is 5.23. The van der Waals surface area contributed by atoms with Gasteiger partial charge in [0.2, 0.25) is 0 Å². The van der Waals surface area contributed by atoms with Gasteiger partial charge in [-0.05, 0) is 57.3 Å². The third kappa shape index (κ3) is 3.49. The highest BCUT2D eigenvalue weighted by molar-refractivity contribution is 5.24. The molecule has 1 heterocycles. The zero-order valence-electron chi connectivity index (χ0n) is 14.1. The molecule has 0 bridgehead atoms. The Balaban J connectivity index is 2.34. The number of nitrogens with one attached hydrogen (secondary N) is 1. The predicted octanol–water partition coefficient (Wildman–Crippen LogP) is 4.38. The summed E-state index contributed by atoms with van der Waals surface area (Å²) in [7, 11) is 0. The van der Waals surface area contributed by atoms with Gasteiger partial charge in [-0.25, -0.2) is 0 Å². The van der Waals surface area contributed by atoms with Crippen molar-refractivity contribution in [2.45, 2.75) is 64.5 Å². The molecular weight excluding hydrogens is 256 g/mol. The van der Waals surface area contributed by atoms with Gasteiger partial charge >= 0.3 is 0 Å². The molecule has 1 aliphatic rings. The normalized spacial score (nSPS) is 18.0. The fraction of sp³-hybridized carbons (Fsp3) is 0.684. The van der Waals surface area contributed by atoms with Crippen LogP contribution >= 0.6 is 0 Å². The molecule has 0 aromatic heterocycles. The summed E-state index contributed by atoms with van der Waals surface area (Å²) in [5.74, 6) is 0. The Morgan fingerprint density at radius 2 is 1.67 bits per heavy atom. The van der Waals surface area contributed by atoms with Crippen molar-refractivity contribution in [3.8, 4) is 0 Å². The number of nitrogens with zero attached hydrogens (tertiary/aromatic N) is 1. The zero-order valence-corrected chi connectivity index (χ0v) is 14.1. The second-order valence-corrected chi connectivity index (χ2v) is 6.30. The maximum Gasteiger partial charge on any atom is 0.0507 e.